The van der Waals surface area contributed by atoms with Gasteiger partial charge in [-0.25, -0.2) is 0 Å². The van der Waals surface area contributed by atoms with Crippen molar-refractivity contribution in [3.63, 3.8) is 0 Å². The van der Waals surface area contributed by atoms with E-state index in [1.807, 2.05) is 44.2 Å². The zero-order valence-electron chi connectivity index (χ0n) is 13.9. The Labute approximate surface area is 154 Å². The lowest BCUT2D eigenvalue weighted by atomic mass is 10.2. The van der Waals surface area contributed by atoms with E-state index in [9.17, 15) is 4.79 Å². The maximum absolute atomic E-state index is 12.0. The molecule has 0 aliphatic heterocycles. The van der Waals surface area contributed by atoms with Crippen molar-refractivity contribution < 1.29 is 9.21 Å². The lowest BCUT2D eigenvalue weighted by Gasteiger charge is -2.10. The maximum Gasteiger partial charge on any atom is 0.231 e. The number of thioether (sulfide) groups is 1. The molecule has 1 amide bonds. The minimum atomic E-state index is -0.157. The largest absolute Gasteiger partial charge is 0.467 e. The zero-order chi connectivity index (χ0) is 17.6. The molecule has 3 rings (SSSR count). The number of aryl methyl sites for hydroxylation is 1. The van der Waals surface area contributed by atoms with Crippen LogP contribution in [0.4, 0.5) is 10.8 Å². The van der Waals surface area contributed by atoms with Gasteiger partial charge in [0.1, 0.15) is 5.76 Å². The predicted molar refractivity (Wildman–Crippen MR) is 100 cm³/mol. The normalized spacial score (nSPS) is 11.9. The summed E-state index contributed by atoms with van der Waals surface area (Å²) in [5.41, 5.74) is 2.14. The van der Waals surface area contributed by atoms with E-state index in [4.69, 9.17) is 4.42 Å². The summed E-state index contributed by atoms with van der Waals surface area (Å²) in [7, 11) is 0. The van der Waals surface area contributed by atoms with Gasteiger partial charge in [0, 0.05) is 5.69 Å². The first-order chi connectivity index (χ1) is 12.1. The standard InChI is InChI=1S/C17H18N4O2S2/c1-11-6-3-4-7-13(11)19-16-20-21-17(25-16)24-10-15(22)18-12(2)14-8-5-9-23-14/h3-9,12H,10H2,1-2H3,(H,18,22)(H,19,20)/t12-/m1/s1. The van der Waals surface area contributed by atoms with E-state index in [0.29, 0.717) is 5.13 Å². The number of para-hydroxylation sites is 1. The van der Waals surface area contributed by atoms with Crippen molar-refractivity contribution >= 4 is 39.8 Å². The van der Waals surface area contributed by atoms with Crippen LogP contribution in [0, 0.1) is 6.92 Å². The third-order valence-corrected chi connectivity index (χ3v) is 5.44. The van der Waals surface area contributed by atoms with Crippen LogP contribution in [0.3, 0.4) is 0 Å². The number of nitrogens with one attached hydrogen (secondary N) is 2. The molecule has 6 nitrogen and oxygen atoms in total. The highest BCUT2D eigenvalue weighted by molar-refractivity contribution is 8.01. The van der Waals surface area contributed by atoms with Crippen molar-refractivity contribution in [1.29, 1.82) is 0 Å². The van der Waals surface area contributed by atoms with Gasteiger partial charge in [-0.2, -0.15) is 0 Å². The fourth-order valence-electron chi connectivity index (χ4n) is 2.17. The first-order valence-corrected chi connectivity index (χ1v) is 9.54. The summed E-state index contributed by atoms with van der Waals surface area (Å²) in [5, 5.41) is 15.1. The lowest BCUT2D eigenvalue weighted by Crippen LogP contribution is -2.27. The van der Waals surface area contributed by atoms with Crippen LogP contribution in [0.1, 0.15) is 24.3 Å². The molecule has 2 N–H and O–H groups in total. The van der Waals surface area contributed by atoms with Gasteiger partial charge in [0.2, 0.25) is 11.0 Å². The fraction of sp³-hybridized carbons (Fsp3) is 0.235. The van der Waals surface area contributed by atoms with Crippen LogP contribution >= 0.6 is 23.1 Å². The van der Waals surface area contributed by atoms with E-state index in [1.165, 1.54) is 23.1 Å². The molecule has 0 spiro atoms. The Morgan fingerprint density at radius 1 is 1.28 bits per heavy atom. The number of hydrogen-bond donors (Lipinski definition) is 2. The molecule has 0 fully saturated rings. The highest BCUT2D eigenvalue weighted by atomic mass is 32.2. The van der Waals surface area contributed by atoms with Crippen molar-refractivity contribution in [2.75, 3.05) is 11.1 Å². The van der Waals surface area contributed by atoms with E-state index in [2.05, 4.69) is 20.8 Å². The van der Waals surface area contributed by atoms with Gasteiger partial charge >= 0.3 is 0 Å². The summed E-state index contributed by atoms with van der Waals surface area (Å²) in [4.78, 5) is 12.0. The minimum absolute atomic E-state index is 0.0717. The number of nitrogens with zero attached hydrogens (tertiary/aromatic N) is 2. The van der Waals surface area contributed by atoms with Crippen molar-refractivity contribution in [2.45, 2.75) is 24.2 Å². The number of carbonyl (C=O) groups excluding carboxylic acids is 1. The van der Waals surface area contributed by atoms with Gasteiger partial charge in [-0.05, 0) is 37.6 Å². The molecular weight excluding hydrogens is 356 g/mol. The molecule has 0 saturated carbocycles. The molecule has 0 bridgehead atoms. The SMILES string of the molecule is Cc1ccccc1Nc1nnc(SCC(=O)N[C@H](C)c2ccco2)s1. The Morgan fingerprint density at radius 2 is 2.12 bits per heavy atom. The summed E-state index contributed by atoms with van der Waals surface area (Å²) < 4.78 is 6.03. The summed E-state index contributed by atoms with van der Waals surface area (Å²) >= 11 is 2.79. The average Bonchev–Trinajstić information content (AvgIpc) is 3.27. The van der Waals surface area contributed by atoms with Crippen LogP contribution < -0.4 is 10.6 Å². The van der Waals surface area contributed by atoms with Gasteiger partial charge in [0.05, 0.1) is 18.1 Å². The topological polar surface area (TPSA) is 80.0 Å². The van der Waals surface area contributed by atoms with Crippen molar-refractivity contribution in [2.24, 2.45) is 0 Å². The van der Waals surface area contributed by atoms with Crippen LogP contribution in [0.25, 0.3) is 0 Å². The van der Waals surface area contributed by atoms with E-state index in [-0.39, 0.29) is 17.7 Å². The maximum atomic E-state index is 12.0. The third-order valence-electron chi connectivity index (χ3n) is 3.47. The summed E-state index contributed by atoms with van der Waals surface area (Å²) in [6.07, 6.45) is 1.59. The number of anilines is 2. The quantitative estimate of drug-likeness (QED) is 0.605. The monoisotopic (exact) mass is 374 g/mol. The van der Waals surface area contributed by atoms with Crippen LogP contribution in [-0.2, 0) is 4.79 Å². The van der Waals surface area contributed by atoms with Gasteiger partial charge in [0.25, 0.3) is 0 Å². The Morgan fingerprint density at radius 3 is 2.88 bits per heavy atom. The van der Waals surface area contributed by atoms with Crippen LogP contribution in [0.2, 0.25) is 0 Å². The van der Waals surface area contributed by atoms with Gasteiger partial charge in [0.15, 0.2) is 4.34 Å². The van der Waals surface area contributed by atoms with E-state index in [0.717, 1.165) is 21.4 Å². The first kappa shape index (κ1) is 17.5. The predicted octanol–water partition coefficient (Wildman–Crippen LogP) is 4.15. The smallest absolute Gasteiger partial charge is 0.231 e. The minimum Gasteiger partial charge on any atom is -0.467 e. The van der Waals surface area contributed by atoms with E-state index >= 15 is 0 Å². The Bertz CT molecular complexity index is 833. The molecule has 0 saturated heterocycles. The second-order valence-electron chi connectivity index (χ2n) is 5.41. The Kier molecular flexibility index (Phi) is 5.72. The number of hydrogen-bond acceptors (Lipinski definition) is 7. The molecule has 25 heavy (non-hydrogen) atoms. The molecule has 130 valence electrons. The number of aromatic nitrogens is 2. The van der Waals surface area contributed by atoms with Gasteiger partial charge in [-0.3, -0.25) is 4.79 Å². The summed E-state index contributed by atoms with van der Waals surface area (Å²) in [6, 6.07) is 11.5. The van der Waals surface area contributed by atoms with Crippen LogP contribution in [0.15, 0.2) is 51.4 Å². The second kappa shape index (κ2) is 8.17. The first-order valence-electron chi connectivity index (χ1n) is 7.73. The number of amides is 1. The highest BCUT2D eigenvalue weighted by Gasteiger charge is 2.13. The molecule has 0 radical (unpaired) electrons. The van der Waals surface area contributed by atoms with Gasteiger partial charge in [-0.15, -0.1) is 10.2 Å². The molecule has 1 aromatic carbocycles. The van der Waals surface area contributed by atoms with Gasteiger partial charge in [-0.1, -0.05) is 41.3 Å². The summed E-state index contributed by atoms with van der Waals surface area (Å²) in [5.74, 6) is 0.945. The van der Waals surface area contributed by atoms with Gasteiger partial charge < -0.3 is 15.1 Å². The summed E-state index contributed by atoms with van der Waals surface area (Å²) in [6.45, 7) is 3.92. The lowest BCUT2D eigenvalue weighted by molar-refractivity contribution is -0.119. The molecular formula is C17H18N4O2S2. The van der Waals surface area contributed by atoms with Crippen LogP contribution in [-0.4, -0.2) is 21.9 Å². The van der Waals surface area contributed by atoms with E-state index in [1.54, 1.807) is 12.3 Å². The van der Waals surface area contributed by atoms with Crippen molar-refractivity contribution in [1.82, 2.24) is 15.5 Å². The Hall–Kier alpha value is -2.32. The zero-order valence-corrected chi connectivity index (χ0v) is 15.5. The number of furan rings is 1. The number of carbonyl (C=O) groups is 1. The molecule has 0 unspecified atom stereocenters. The van der Waals surface area contributed by atoms with E-state index < -0.39 is 0 Å². The molecule has 2 aromatic heterocycles. The second-order valence-corrected chi connectivity index (χ2v) is 7.61. The van der Waals surface area contributed by atoms with Crippen molar-refractivity contribution in [3.05, 3.63) is 54.0 Å². The molecule has 8 heteroatoms. The van der Waals surface area contributed by atoms with Crippen molar-refractivity contribution in [3.8, 4) is 0 Å². The third kappa shape index (κ3) is 4.83. The molecule has 3 aromatic rings. The number of benzene rings is 1. The van der Waals surface area contributed by atoms with Crippen LogP contribution in [0.5, 0.6) is 0 Å². The average molecular weight is 374 g/mol. The molecule has 0 aliphatic rings. The molecule has 1 atom stereocenters. The molecule has 0 aliphatic carbocycles. The molecule has 2 heterocycles. The highest BCUT2D eigenvalue weighted by Crippen LogP contribution is 2.28. The number of rotatable bonds is 7. The fourth-order valence-corrected chi connectivity index (χ4v) is 3.74. The Balaban J connectivity index is 1.50.